The number of halogens is 8. The lowest BCUT2D eigenvalue weighted by molar-refractivity contribution is -0.135. The predicted octanol–water partition coefficient (Wildman–Crippen LogP) is 3.03. The third-order valence-electron chi connectivity index (χ3n) is 3.74. The van der Waals surface area contributed by atoms with E-state index < -0.39 is 74.5 Å². The third-order valence-corrected chi connectivity index (χ3v) is 6.62. The van der Waals surface area contributed by atoms with Crippen LogP contribution in [0.1, 0.15) is 0 Å². The topological polar surface area (TPSA) is 109 Å². The van der Waals surface area contributed by atoms with Gasteiger partial charge in [0.1, 0.15) is 11.6 Å². The average molecular weight is 540 g/mol. The molecule has 0 aromatic heterocycles. The summed E-state index contributed by atoms with van der Waals surface area (Å²) in [6, 6.07) is 2.39. The highest BCUT2D eigenvalue weighted by atomic mass is 32.2. The lowest BCUT2D eigenvalue weighted by Gasteiger charge is -2.27. The van der Waals surface area contributed by atoms with Crippen molar-refractivity contribution in [3.05, 3.63) is 60.2 Å². The number of hydrogen-bond donors (Lipinski definition) is 0. The number of carbonyl (C=O) groups excluding carboxylic acids is 2. The fraction of sp³-hybridized carbons (Fsp3) is 0.125. The Balaban J connectivity index is 2.78. The predicted molar refractivity (Wildman–Crippen MR) is 97.7 cm³/mol. The van der Waals surface area contributed by atoms with Crippen LogP contribution in [0.2, 0.25) is 0 Å². The van der Waals surface area contributed by atoms with E-state index in [0.29, 0.717) is 24.3 Å². The van der Waals surface area contributed by atoms with E-state index in [-0.39, 0.29) is 24.3 Å². The van der Waals surface area contributed by atoms with Gasteiger partial charge in [-0.05, 0) is 48.5 Å². The van der Waals surface area contributed by atoms with E-state index in [2.05, 4.69) is 0 Å². The quantitative estimate of drug-likeness (QED) is 0.436. The fourth-order valence-corrected chi connectivity index (χ4v) is 4.07. The number of anilines is 2. The minimum atomic E-state index is -6.87. The smallest absolute Gasteiger partial charge is 0.262 e. The van der Waals surface area contributed by atoms with Crippen LogP contribution < -0.4 is 8.61 Å². The molecule has 0 unspecified atom stereocenters. The van der Waals surface area contributed by atoms with Crippen molar-refractivity contribution in [1.29, 1.82) is 0 Å². The van der Waals surface area contributed by atoms with Crippen molar-refractivity contribution >= 4 is 43.2 Å². The first-order valence-electron chi connectivity index (χ1n) is 8.15. The van der Waals surface area contributed by atoms with E-state index in [1.54, 1.807) is 0 Å². The molecule has 0 bridgehead atoms. The van der Waals surface area contributed by atoms with Crippen LogP contribution in [0, 0.1) is 11.6 Å². The Morgan fingerprint density at radius 1 is 0.559 bits per heavy atom. The van der Waals surface area contributed by atoms with Crippen molar-refractivity contribution in [2.45, 2.75) is 11.0 Å². The van der Waals surface area contributed by atoms with Gasteiger partial charge in [0, 0.05) is 0 Å². The van der Waals surface area contributed by atoms with Crippen molar-refractivity contribution in [3.63, 3.8) is 0 Å². The van der Waals surface area contributed by atoms with Gasteiger partial charge in [-0.15, -0.1) is 0 Å². The van der Waals surface area contributed by atoms with E-state index in [4.69, 9.17) is 0 Å². The molecule has 0 N–H and O–H groups in total. The monoisotopic (exact) mass is 540 g/mol. The number of hydrogen-bond acceptors (Lipinski definition) is 6. The molecule has 18 heteroatoms. The van der Waals surface area contributed by atoms with Crippen LogP contribution in [0.25, 0.3) is 0 Å². The molecule has 0 fully saturated rings. The molecule has 34 heavy (non-hydrogen) atoms. The summed E-state index contributed by atoms with van der Waals surface area (Å²) in [5.41, 5.74) is -15.4. The van der Waals surface area contributed by atoms with E-state index in [1.807, 2.05) is 0 Å². The maximum absolute atomic E-state index is 13.1. The molecule has 0 saturated heterocycles. The first-order chi connectivity index (χ1) is 15.3. The second-order valence-corrected chi connectivity index (χ2v) is 9.55. The van der Waals surface area contributed by atoms with Gasteiger partial charge in [-0.3, -0.25) is 9.59 Å². The van der Waals surface area contributed by atoms with Gasteiger partial charge in [0.15, 0.2) is 0 Å². The molecule has 186 valence electrons. The zero-order valence-corrected chi connectivity index (χ0v) is 17.4. The molecule has 0 aliphatic carbocycles. The van der Waals surface area contributed by atoms with Gasteiger partial charge < -0.3 is 0 Å². The second-order valence-electron chi connectivity index (χ2n) is 5.99. The van der Waals surface area contributed by atoms with Crippen LogP contribution in [0.5, 0.6) is 0 Å². The molecule has 0 atom stereocenters. The minimum absolute atomic E-state index is 0.254. The average Bonchev–Trinajstić information content (AvgIpc) is 2.69. The van der Waals surface area contributed by atoms with Gasteiger partial charge in [0.05, 0.1) is 11.4 Å². The van der Waals surface area contributed by atoms with Gasteiger partial charge in [-0.25, -0.2) is 8.78 Å². The molecule has 0 saturated carbocycles. The Morgan fingerprint density at radius 3 is 1.00 bits per heavy atom. The van der Waals surface area contributed by atoms with Crippen LogP contribution in [-0.2, 0) is 29.6 Å². The summed E-state index contributed by atoms with van der Waals surface area (Å²) in [5.74, 6) is -8.17. The molecule has 2 amide bonds. The van der Waals surface area contributed by atoms with Gasteiger partial charge in [0.25, 0.3) is 0 Å². The fourth-order valence-electron chi connectivity index (χ4n) is 2.26. The highest BCUT2D eigenvalue weighted by Gasteiger charge is 2.58. The Hall–Kier alpha value is -3.28. The number of rotatable bonds is 4. The first kappa shape index (κ1) is 27.0. The highest BCUT2D eigenvalue weighted by Crippen LogP contribution is 2.34. The van der Waals surface area contributed by atoms with Crippen LogP contribution >= 0.6 is 0 Å². The second kappa shape index (κ2) is 8.82. The van der Waals surface area contributed by atoms with Crippen LogP contribution in [-0.4, -0.2) is 39.7 Å². The van der Waals surface area contributed by atoms with Gasteiger partial charge >= 0.3 is 42.9 Å². The molecular weight excluding hydrogens is 532 g/mol. The molecular formula is C16H8F8N2O6S2. The van der Waals surface area contributed by atoms with Crippen molar-refractivity contribution in [1.82, 2.24) is 0 Å². The molecule has 0 radical (unpaired) electrons. The Labute approximate surface area is 185 Å². The molecule has 2 rings (SSSR count). The summed E-state index contributed by atoms with van der Waals surface area (Å²) in [6.45, 7) is 0. The maximum atomic E-state index is 13.1. The van der Waals surface area contributed by atoms with Crippen molar-refractivity contribution in [3.8, 4) is 0 Å². The number of nitrogens with zero attached hydrogens (tertiary/aromatic N) is 2. The van der Waals surface area contributed by atoms with Crippen molar-refractivity contribution in [2.75, 3.05) is 8.61 Å². The van der Waals surface area contributed by atoms with Gasteiger partial charge in [-0.2, -0.15) is 51.8 Å². The molecule has 0 spiro atoms. The van der Waals surface area contributed by atoms with Crippen molar-refractivity contribution < 1.29 is 61.5 Å². The molecule has 8 nitrogen and oxygen atoms in total. The zero-order valence-electron chi connectivity index (χ0n) is 15.8. The number of benzene rings is 2. The number of sulfonamides is 2. The standard InChI is InChI=1S/C16H8F8N2O6S2/c17-9-1-5-11(6-2-9)25(33(29,30)15(19,20)21)13(27)14(28)26(34(31,32)16(22,23)24)12-7-3-10(18)4-8-12/h1-8H. The Bertz CT molecular complexity index is 1200. The molecule has 2 aromatic carbocycles. The van der Waals surface area contributed by atoms with Gasteiger partial charge in [0.2, 0.25) is 0 Å². The summed E-state index contributed by atoms with van der Waals surface area (Å²) < 4.78 is 150. The third kappa shape index (κ3) is 4.96. The summed E-state index contributed by atoms with van der Waals surface area (Å²) in [5, 5.41) is 0. The van der Waals surface area contributed by atoms with E-state index in [9.17, 15) is 61.5 Å². The summed E-state index contributed by atoms with van der Waals surface area (Å²) >= 11 is 0. The maximum Gasteiger partial charge on any atom is 0.517 e. The molecule has 0 heterocycles. The lowest BCUT2D eigenvalue weighted by atomic mass is 10.3. The summed E-state index contributed by atoms with van der Waals surface area (Å²) in [7, 11) is -13.7. The lowest BCUT2D eigenvalue weighted by Crippen LogP contribution is -2.54. The normalized spacial score (nSPS) is 12.8. The summed E-state index contributed by atoms with van der Waals surface area (Å²) in [4.78, 5) is 25.1. The zero-order chi connectivity index (χ0) is 26.3. The largest absolute Gasteiger partial charge is 0.517 e. The van der Waals surface area contributed by atoms with E-state index in [1.165, 1.54) is 0 Å². The van der Waals surface area contributed by atoms with E-state index in [0.717, 1.165) is 0 Å². The molecule has 0 aliphatic heterocycles. The Morgan fingerprint density at radius 2 is 0.794 bits per heavy atom. The van der Waals surface area contributed by atoms with Crippen LogP contribution in [0.15, 0.2) is 48.5 Å². The van der Waals surface area contributed by atoms with Crippen molar-refractivity contribution in [2.24, 2.45) is 0 Å². The van der Waals surface area contributed by atoms with Crippen LogP contribution in [0.3, 0.4) is 0 Å². The summed E-state index contributed by atoms with van der Waals surface area (Å²) in [6.07, 6.45) is 0. The highest BCUT2D eigenvalue weighted by molar-refractivity contribution is 7.95. The minimum Gasteiger partial charge on any atom is -0.262 e. The molecule has 2 aromatic rings. The first-order valence-corrected chi connectivity index (χ1v) is 11.0. The number of alkyl halides is 6. The van der Waals surface area contributed by atoms with Crippen LogP contribution in [0.4, 0.5) is 46.5 Å². The number of amides is 2. The SMILES string of the molecule is O=C(C(=O)N(c1ccc(F)cc1)S(=O)(=O)C(F)(F)F)N(c1ccc(F)cc1)S(=O)(=O)C(F)(F)F. The Kier molecular flexibility index (Phi) is 7.00. The number of carbonyl (C=O) groups is 2. The van der Waals surface area contributed by atoms with E-state index >= 15 is 0 Å². The van der Waals surface area contributed by atoms with Gasteiger partial charge in [-0.1, -0.05) is 0 Å². The molecule has 0 aliphatic rings.